The fourth-order valence-corrected chi connectivity index (χ4v) is 4.03. The molecule has 0 bridgehead atoms. The number of guanidine groups is 1. The lowest BCUT2D eigenvalue weighted by Gasteiger charge is -2.36. The number of nitrogens with zero attached hydrogens (tertiary/aromatic N) is 4. The van der Waals surface area contributed by atoms with Gasteiger partial charge < -0.3 is 20.0 Å². The maximum atomic E-state index is 12.7. The Hall–Kier alpha value is -1.84. The van der Waals surface area contributed by atoms with Crippen LogP contribution in [0.15, 0.2) is 53.5 Å². The van der Waals surface area contributed by atoms with Crippen LogP contribution in [0.4, 0.5) is 0 Å². The summed E-state index contributed by atoms with van der Waals surface area (Å²) in [6.45, 7) is 4.57. The number of carbonyl (C=O) groups excluding carboxylic acids is 1. The quantitative estimate of drug-likeness (QED) is 0.329. The van der Waals surface area contributed by atoms with E-state index in [0.717, 1.165) is 37.7 Å². The molecule has 3 rings (SSSR count). The molecule has 2 aromatic rings. The van der Waals surface area contributed by atoms with Gasteiger partial charge in [-0.2, -0.15) is 0 Å². The number of hydrogen-bond acceptors (Lipinski definition) is 3. The highest BCUT2D eigenvalue weighted by molar-refractivity contribution is 14.0. The normalized spacial score (nSPS) is 14.3. The highest BCUT2D eigenvalue weighted by Gasteiger charge is 2.23. The summed E-state index contributed by atoms with van der Waals surface area (Å²) in [7, 11) is 5.96. The van der Waals surface area contributed by atoms with Gasteiger partial charge in [-0.25, -0.2) is 0 Å². The highest BCUT2D eigenvalue weighted by Crippen LogP contribution is 2.13. The molecule has 1 heterocycles. The number of carbonyl (C=O) groups is 1. The van der Waals surface area contributed by atoms with Crippen molar-refractivity contribution in [1.82, 2.24) is 20.0 Å². The Balaban J connectivity index is 0.00000363. The number of halogens is 2. The van der Waals surface area contributed by atoms with Crippen LogP contribution in [0, 0.1) is 0 Å². The van der Waals surface area contributed by atoms with Crippen LogP contribution < -0.4 is 5.32 Å². The van der Waals surface area contributed by atoms with E-state index in [4.69, 9.17) is 11.6 Å². The third-order valence-corrected chi connectivity index (χ3v) is 5.56. The van der Waals surface area contributed by atoms with E-state index in [1.807, 2.05) is 36.2 Å². The van der Waals surface area contributed by atoms with E-state index in [1.54, 1.807) is 0 Å². The Kier molecular flexibility index (Phi) is 10.7. The lowest BCUT2D eigenvalue weighted by molar-refractivity contribution is -0.131. The highest BCUT2D eigenvalue weighted by atomic mass is 127. The van der Waals surface area contributed by atoms with E-state index >= 15 is 0 Å². The van der Waals surface area contributed by atoms with Gasteiger partial charge in [-0.15, -0.1) is 24.0 Å². The number of benzene rings is 2. The second kappa shape index (κ2) is 13.0. The summed E-state index contributed by atoms with van der Waals surface area (Å²) >= 11 is 6.03. The SMILES string of the molecule is CN=C(NCc1cccc(CN(C)C)c1)N1CCN(C(=O)Cc2cccc(Cl)c2)CC1.I. The first-order valence-electron chi connectivity index (χ1n) is 10.6. The molecule has 0 saturated carbocycles. The van der Waals surface area contributed by atoms with Crippen molar-refractivity contribution >= 4 is 47.4 Å². The van der Waals surface area contributed by atoms with Gasteiger partial charge in [0.25, 0.3) is 0 Å². The fourth-order valence-electron chi connectivity index (χ4n) is 3.82. The average molecular weight is 570 g/mol. The van der Waals surface area contributed by atoms with Crippen LogP contribution in [-0.4, -0.2) is 73.9 Å². The van der Waals surface area contributed by atoms with E-state index in [-0.39, 0.29) is 29.9 Å². The molecule has 0 aromatic heterocycles. The standard InChI is InChI=1S/C24H32ClN5O.HI/c1-26-24(27-17-20-7-4-8-21(14-20)18-28(2)3)30-12-10-29(11-13-30)23(31)16-19-6-5-9-22(25)15-19;/h4-9,14-15H,10-13,16-18H2,1-3H3,(H,26,27);1H. The molecule has 174 valence electrons. The van der Waals surface area contributed by atoms with Crippen molar-refractivity contribution in [3.05, 3.63) is 70.2 Å². The molecule has 32 heavy (non-hydrogen) atoms. The topological polar surface area (TPSA) is 51.2 Å². The zero-order valence-corrected chi connectivity index (χ0v) is 22.1. The molecule has 1 fully saturated rings. The molecule has 0 radical (unpaired) electrons. The third kappa shape index (κ3) is 7.94. The molecule has 6 nitrogen and oxygen atoms in total. The summed E-state index contributed by atoms with van der Waals surface area (Å²) in [4.78, 5) is 23.4. The number of aliphatic imine (C=N–C) groups is 1. The van der Waals surface area contributed by atoms with Gasteiger partial charge in [-0.1, -0.05) is 48.0 Å². The predicted molar refractivity (Wildman–Crippen MR) is 143 cm³/mol. The second-order valence-electron chi connectivity index (χ2n) is 8.13. The first kappa shape index (κ1) is 26.4. The smallest absolute Gasteiger partial charge is 0.227 e. The lowest BCUT2D eigenvalue weighted by atomic mass is 10.1. The van der Waals surface area contributed by atoms with Crippen LogP contribution in [0.1, 0.15) is 16.7 Å². The van der Waals surface area contributed by atoms with Crippen molar-refractivity contribution < 1.29 is 4.79 Å². The van der Waals surface area contributed by atoms with Crippen LogP contribution in [0.2, 0.25) is 5.02 Å². The first-order valence-corrected chi connectivity index (χ1v) is 11.0. The molecule has 1 aliphatic heterocycles. The van der Waals surface area contributed by atoms with E-state index in [2.05, 4.69) is 58.5 Å². The van der Waals surface area contributed by atoms with Gasteiger partial charge in [0.05, 0.1) is 6.42 Å². The molecule has 8 heteroatoms. The van der Waals surface area contributed by atoms with Crippen LogP contribution in [0.3, 0.4) is 0 Å². The second-order valence-corrected chi connectivity index (χ2v) is 8.57. The minimum Gasteiger partial charge on any atom is -0.352 e. The minimum absolute atomic E-state index is 0. The maximum absolute atomic E-state index is 12.7. The van der Waals surface area contributed by atoms with Crippen molar-refractivity contribution in [2.75, 3.05) is 47.3 Å². The number of hydrogen-bond donors (Lipinski definition) is 1. The molecule has 0 unspecified atom stereocenters. The van der Waals surface area contributed by atoms with Crippen LogP contribution in [0.25, 0.3) is 0 Å². The fraction of sp³-hybridized carbons (Fsp3) is 0.417. The summed E-state index contributed by atoms with van der Waals surface area (Å²) in [6, 6.07) is 16.1. The Morgan fingerprint density at radius 1 is 1.00 bits per heavy atom. The van der Waals surface area contributed by atoms with Crippen LogP contribution >= 0.6 is 35.6 Å². The summed E-state index contributed by atoms with van der Waals surface area (Å²) in [5.41, 5.74) is 3.48. The molecular weight excluding hydrogens is 537 g/mol. The summed E-state index contributed by atoms with van der Waals surface area (Å²) in [5.74, 6) is 1.02. The Morgan fingerprint density at radius 3 is 2.28 bits per heavy atom. The maximum Gasteiger partial charge on any atom is 0.227 e. The van der Waals surface area contributed by atoms with Crippen molar-refractivity contribution in [2.45, 2.75) is 19.5 Å². The minimum atomic E-state index is 0. The Labute approximate surface area is 213 Å². The predicted octanol–water partition coefficient (Wildman–Crippen LogP) is 3.48. The van der Waals surface area contributed by atoms with E-state index in [1.165, 1.54) is 11.1 Å². The van der Waals surface area contributed by atoms with Gasteiger partial charge in [0.1, 0.15) is 0 Å². The van der Waals surface area contributed by atoms with Gasteiger partial charge in [-0.3, -0.25) is 9.79 Å². The zero-order chi connectivity index (χ0) is 22.2. The lowest BCUT2D eigenvalue weighted by Crippen LogP contribution is -2.53. The van der Waals surface area contributed by atoms with Crippen molar-refractivity contribution in [3.8, 4) is 0 Å². The number of rotatable bonds is 6. The van der Waals surface area contributed by atoms with E-state index in [0.29, 0.717) is 24.5 Å². The third-order valence-electron chi connectivity index (χ3n) is 5.33. The van der Waals surface area contributed by atoms with Crippen LogP contribution in [-0.2, 0) is 24.3 Å². The van der Waals surface area contributed by atoms with Crippen molar-refractivity contribution in [3.63, 3.8) is 0 Å². The van der Waals surface area contributed by atoms with Crippen molar-refractivity contribution in [2.24, 2.45) is 4.99 Å². The Bertz CT molecular complexity index is 913. The van der Waals surface area contributed by atoms with E-state index < -0.39 is 0 Å². The van der Waals surface area contributed by atoms with Gasteiger partial charge in [0, 0.05) is 51.3 Å². The molecular formula is C24H33ClIN5O. The van der Waals surface area contributed by atoms with Crippen molar-refractivity contribution in [1.29, 1.82) is 0 Å². The molecule has 2 aromatic carbocycles. The molecule has 1 N–H and O–H groups in total. The summed E-state index contributed by atoms with van der Waals surface area (Å²) in [6.07, 6.45) is 0.386. The van der Waals surface area contributed by atoms with Gasteiger partial charge in [0.2, 0.25) is 5.91 Å². The average Bonchev–Trinajstić information content (AvgIpc) is 2.74. The zero-order valence-electron chi connectivity index (χ0n) is 19.1. The molecule has 1 saturated heterocycles. The molecule has 0 aliphatic carbocycles. The first-order chi connectivity index (χ1) is 14.9. The summed E-state index contributed by atoms with van der Waals surface area (Å²) in [5, 5.41) is 4.13. The van der Waals surface area contributed by atoms with Crippen LogP contribution in [0.5, 0.6) is 0 Å². The van der Waals surface area contributed by atoms with Gasteiger partial charge in [-0.05, 0) is 42.9 Å². The number of nitrogens with one attached hydrogen (secondary N) is 1. The largest absolute Gasteiger partial charge is 0.352 e. The Morgan fingerprint density at radius 2 is 1.62 bits per heavy atom. The van der Waals surface area contributed by atoms with Gasteiger partial charge >= 0.3 is 0 Å². The molecule has 0 atom stereocenters. The molecule has 1 aliphatic rings. The molecule has 1 amide bonds. The number of amides is 1. The monoisotopic (exact) mass is 569 g/mol. The van der Waals surface area contributed by atoms with E-state index in [9.17, 15) is 4.79 Å². The number of piperazine rings is 1. The summed E-state index contributed by atoms with van der Waals surface area (Å²) < 4.78 is 0. The van der Waals surface area contributed by atoms with Gasteiger partial charge in [0.15, 0.2) is 5.96 Å². The molecule has 0 spiro atoms.